The van der Waals surface area contributed by atoms with Crippen molar-refractivity contribution in [1.29, 1.82) is 0 Å². The number of hydrogen-bond acceptors (Lipinski definition) is 3. The minimum absolute atomic E-state index is 0.0284. The Hall–Kier alpha value is -2.17. The van der Waals surface area contributed by atoms with Gasteiger partial charge in [-0.25, -0.2) is 4.98 Å². The molecule has 142 valence electrons. The van der Waals surface area contributed by atoms with Gasteiger partial charge in [0.15, 0.2) is 0 Å². The van der Waals surface area contributed by atoms with Gasteiger partial charge in [-0.15, -0.1) is 0 Å². The summed E-state index contributed by atoms with van der Waals surface area (Å²) in [5, 5.41) is 0.628. The molecule has 5 heteroatoms. The van der Waals surface area contributed by atoms with Gasteiger partial charge >= 0.3 is 0 Å². The zero-order valence-electron chi connectivity index (χ0n) is 16.7. The van der Waals surface area contributed by atoms with Crippen LogP contribution in [0.4, 0.5) is 0 Å². The van der Waals surface area contributed by atoms with Crippen LogP contribution in [0, 0.1) is 5.92 Å². The fourth-order valence-corrected chi connectivity index (χ4v) is 3.34. The molecule has 2 rings (SSSR count). The van der Waals surface area contributed by atoms with Crippen LogP contribution < -0.4 is 5.56 Å². The summed E-state index contributed by atoms with van der Waals surface area (Å²) in [7, 11) is 0. The van der Waals surface area contributed by atoms with Gasteiger partial charge in [-0.05, 0) is 37.8 Å². The molecule has 0 fully saturated rings. The lowest BCUT2D eigenvalue weighted by Crippen LogP contribution is -2.39. The molecule has 2 aromatic rings. The highest BCUT2D eigenvalue weighted by molar-refractivity contribution is 5.78. The molecular formula is C21H31N3O2. The molecule has 1 atom stereocenters. The average Bonchev–Trinajstić information content (AvgIpc) is 2.64. The number of amides is 1. The van der Waals surface area contributed by atoms with Gasteiger partial charge in [0.1, 0.15) is 5.82 Å². The summed E-state index contributed by atoms with van der Waals surface area (Å²) in [5.74, 6) is 1.32. The van der Waals surface area contributed by atoms with E-state index in [1.165, 1.54) is 0 Å². The van der Waals surface area contributed by atoms with Crippen LogP contribution in [0.5, 0.6) is 0 Å². The van der Waals surface area contributed by atoms with Crippen molar-refractivity contribution in [2.24, 2.45) is 5.92 Å². The molecule has 1 aromatic carbocycles. The molecule has 26 heavy (non-hydrogen) atoms. The van der Waals surface area contributed by atoms with E-state index in [-0.39, 0.29) is 17.5 Å². The van der Waals surface area contributed by atoms with Crippen molar-refractivity contribution in [2.45, 2.75) is 66.5 Å². The molecule has 0 bridgehead atoms. The summed E-state index contributed by atoms with van der Waals surface area (Å²) < 4.78 is 1.72. The predicted octanol–water partition coefficient (Wildman–Crippen LogP) is 4.15. The number of hydrogen-bond donors (Lipinski definition) is 0. The summed E-state index contributed by atoms with van der Waals surface area (Å²) in [6, 6.07) is 7.25. The van der Waals surface area contributed by atoms with Crippen molar-refractivity contribution >= 4 is 16.8 Å². The number of para-hydroxylation sites is 1. The average molecular weight is 357 g/mol. The minimum atomic E-state index is -0.182. The van der Waals surface area contributed by atoms with Gasteiger partial charge in [0.05, 0.1) is 16.9 Å². The topological polar surface area (TPSA) is 55.2 Å². The van der Waals surface area contributed by atoms with E-state index in [4.69, 9.17) is 4.98 Å². The van der Waals surface area contributed by atoms with Crippen molar-refractivity contribution in [1.82, 2.24) is 14.5 Å². The second-order valence-corrected chi connectivity index (χ2v) is 7.08. The molecule has 0 saturated heterocycles. The summed E-state index contributed by atoms with van der Waals surface area (Å²) in [6.45, 7) is 11.4. The standard InChI is InChI=1S/C21H31N3O2/c1-6-18(24(19(25)7-2)14-13-15(4)5)20-22-17-12-10-9-11-16(17)21(26)23(20)8-3/h9-12,15,18H,6-8,13-14H2,1-5H3. The lowest BCUT2D eigenvalue weighted by molar-refractivity contribution is -0.133. The molecule has 0 spiro atoms. The molecule has 0 aliphatic heterocycles. The first-order valence-electron chi connectivity index (χ1n) is 9.73. The monoisotopic (exact) mass is 357 g/mol. The highest BCUT2D eigenvalue weighted by Crippen LogP contribution is 2.25. The van der Waals surface area contributed by atoms with E-state index in [2.05, 4.69) is 20.8 Å². The molecule has 0 N–H and O–H groups in total. The van der Waals surface area contributed by atoms with Crippen LogP contribution in [-0.4, -0.2) is 26.9 Å². The van der Waals surface area contributed by atoms with Crippen molar-refractivity contribution in [3.63, 3.8) is 0 Å². The van der Waals surface area contributed by atoms with Crippen LogP contribution in [0.25, 0.3) is 10.9 Å². The first kappa shape index (κ1) is 20.1. The quantitative estimate of drug-likeness (QED) is 0.713. The molecule has 0 aliphatic carbocycles. The van der Waals surface area contributed by atoms with E-state index >= 15 is 0 Å². The Morgan fingerprint density at radius 1 is 1.19 bits per heavy atom. The third kappa shape index (κ3) is 4.14. The molecule has 1 amide bonds. The minimum Gasteiger partial charge on any atom is -0.333 e. The van der Waals surface area contributed by atoms with Gasteiger partial charge in [0, 0.05) is 19.5 Å². The van der Waals surface area contributed by atoms with Crippen LogP contribution in [-0.2, 0) is 11.3 Å². The number of carbonyl (C=O) groups is 1. The fourth-order valence-electron chi connectivity index (χ4n) is 3.34. The summed E-state index contributed by atoms with van der Waals surface area (Å²) in [5.41, 5.74) is 0.669. The number of rotatable bonds is 8. The van der Waals surface area contributed by atoms with Gasteiger partial charge in [0.25, 0.3) is 5.56 Å². The van der Waals surface area contributed by atoms with E-state index in [9.17, 15) is 9.59 Å². The van der Waals surface area contributed by atoms with Crippen molar-refractivity contribution in [2.75, 3.05) is 6.54 Å². The second-order valence-electron chi connectivity index (χ2n) is 7.08. The summed E-state index contributed by atoms with van der Waals surface area (Å²) >= 11 is 0. The fraction of sp³-hybridized carbons (Fsp3) is 0.571. The maximum absolute atomic E-state index is 12.9. The number of fused-ring (bicyclic) bond motifs is 1. The maximum Gasteiger partial charge on any atom is 0.261 e. The van der Waals surface area contributed by atoms with Crippen LogP contribution in [0.15, 0.2) is 29.1 Å². The molecule has 0 saturated carbocycles. The zero-order chi connectivity index (χ0) is 19.3. The van der Waals surface area contributed by atoms with Crippen LogP contribution >= 0.6 is 0 Å². The molecular weight excluding hydrogens is 326 g/mol. The van der Waals surface area contributed by atoms with E-state index < -0.39 is 0 Å². The lowest BCUT2D eigenvalue weighted by atomic mass is 10.1. The molecule has 1 aromatic heterocycles. The third-order valence-corrected chi connectivity index (χ3v) is 4.84. The van der Waals surface area contributed by atoms with Crippen LogP contribution in [0.1, 0.15) is 65.7 Å². The van der Waals surface area contributed by atoms with Gasteiger partial charge in [-0.2, -0.15) is 0 Å². The van der Waals surface area contributed by atoms with Gasteiger partial charge in [-0.3, -0.25) is 14.2 Å². The molecule has 1 heterocycles. The Morgan fingerprint density at radius 2 is 1.88 bits per heavy atom. The highest BCUT2D eigenvalue weighted by Gasteiger charge is 2.27. The first-order chi connectivity index (χ1) is 12.4. The SMILES string of the molecule is CCC(=O)N(CCC(C)C)C(CC)c1nc2ccccc2c(=O)n1CC. The molecule has 1 unspecified atom stereocenters. The Labute approximate surface area is 156 Å². The van der Waals surface area contributed by atoms with E-state index in [1.54, 1.807) is 4.57 Å². The normalized spacial score (nSPS) is 12.5. The molecule has 5 nitrogen and oxygen atoms in total. The Kier molecular flexibility index (Phi) is 6.95. The van der Waals surface area contributed by atoms with Crippen molar-refractivity contribution in [3.05, 3.63) is 40.4 Å². The Morgan fingerprint density at radius 3 is 2.46 bits per heavy atom. The first-order valence-corrected chi connectivity index (χ1v) is 9.73. The second kappa shape index (κ2) is 8.97. The summed E-state index contributed by atoms with van der Waals surface area (Å²) in [4.78, 5) is 32.3. The van der Waals surface area contributed by atoms with E-state index in [0.29, 0.717) is 42.2 Å². The largest absolute Gasteiger partial charge is 0.333 e. The summed E-state index contributed by atoms with van der Waals surface area (Å²) in [6.07, 6.45) is 2.12. The molecule has 0 aliphatic rings. The predicted molar refractivity (Wildman–Crippen MR) is 106 cm³/mol. The van der Waals surface area contributed by atoms with Gasteiger partial charge in [-0.1, -0.05) is 39.8 Å². The van der Waals surface area contributed by atoms with E-state index in [0.717, 1.165) is 12.8 Å². The number of aromatic nitrogens is 2. The number of nitrogens with zero attached hydrogens (tertiary/aromatic N) is 3. The van der Waals surface area contributed by atoms with Crippen LogP contribution in [0.3, 0.4) is 0 Å². The van der Waals surface area contributed by atoms with Gasteiger partial charge in [0.2, 0.25) is 5.91 Å². The van der Waals surface area contributed by atoms with E-state index in [1.807, 2.05) is 43.0 Å². The zero-order valence-corrected chi connectivity index (χ0v) is 16.7. The van der Waals surface area contributed by atoms with Crippen LogP contribution in [0.2, 0.25) is 0 Å². The van der Waals surface area contributed by atoms with Crippen molar-refractivity contribution < 1.29 is 4.79 Å². The number of carbonyl (C=O) groups excluding carboxylic acids is 1. The Bertz CT molecular complexity index is 810. The molecule has 0 radical (unpaired) electrons. The number of benzene rings is 1. The van der Waals surface area contributed by atoms with Gasteiger partial charge < -0.3 is 4.90 Å². The lowest BCUT2D eigenvalue weighted by Gasteiger charge is -2.32. The third-order valence-electron chi connectivity index (χ3n) is 4.84. The smallest absolute Gasteiger partial charge is 0.261 e. The highest BCUT2D eigenvalue weighted by atomic mass is 16.2. The Balaban J connectivity index is 2.59. The van der Waals surface area contributed by atoms with Crippen molar-refractivity contribution in [3.8, 4) is 0 Å². The maximum atomic E-state index is 12.9.